The van der Waals surface area contributed by atoms with Crippen molar-refractivity contribution in [2.45, 2.75) is 51.2 Å². The molecule has 3 aliphatic rings. The molecular weight excluding hydrogens is 410 g/mol. The fourth-order valence-electron chi connectivity index (χ4n) is 4.99. The lowest BCUT2D eigenvalue weighted by molar-refractivity contribution is -0.137. The Morgan fingerprint density at radius 3 is 2.81 bits per heavy atom. The molecule has 3 aliphatic heterocycles. The lowest BCUT2D eigenvalue weighted by atomic mass is 9.99. The van der Waals surface area contributed by atoms with E-state index in [9.17, 15) is 4.79 Å². The van der Waals surface area contributed by atoms with Gasteiger partial charge in [0.1, 0.15) is 18.3 Å². The molecule has 2 fully saturated rings. The summed E-state index contributed by atoms with van der Waals surface area (Å²) < 4.78 is 13.7. The quantitative estimate of drug-likeness (QED) is 0.694. The number of aromatic nitrogens is 4. The summed E-state index contributed by atoms with van der Waals surface area (Å²) in [7, 11) is 1.97. The lowest BCUT2D eigenvalue weighted by Crippen LogP contribution is -2.38. The van der Waals surface area contributed by atoms with Crippen molar-refractivity contribution in [2.75, 3.05) is 32.8 Å². The Kier molecular flexibility index (Phi) is 5.71. The van der Waals surface area contributed by atoms with Crippen LogP contribution >= 0.6 is 0 Å². The molecule has 32 heavy (non-hydrogen) atoms. The molecule has 0 N–H and O–H groups in total. The number of carbonyl (C=O) groups is 1. The number of carbonyl (C=O) groups excluding carboxylic acids is 1. The average molecular weight is 442 g/mol. The van der Waals surface area contributed by atoms with E-state index in [4.69, 9.17) is 14.5 Å². The third-order valence-electron chi connectivity index (χ3n) is 6.95. The Hall–Kier alpha value is -2.75. The summed E-state index contributed by atoms with van der Waals surface area (Å²) in [4.78, 5) is 28.5. The number of likely N-dealkylation sites (N-methyl/N-ethyl adjacent to an activating group) is 1. The smallest absolute Gasteiger partial charge is 0.245 e. The van der Waals surface area contributed by atoms with Crippen molar-refractivity contribution in [1.29, 1.82) is 0 Å². The molecule has 0 spiro atoms. The predicted octanol–water partition coefficient (Wildman–Crippen LogP) is 1.56. The third kappa shape index (κ3) is 3.70. The van der Waals surface area contributed by atoms with Gasteiger partial charge in [-0.1, -0.05) is 0 Å². The third-order valence-corrected chi connectivity index (χ3v) is 6.95. The summed E-state index contributed by atoms with van der Waals surface area (Å²) in [5.74, 6) is 1.77. The van der Waals surface area contributed by atoms with Gasteiger partial charge in [0, 0.05) is 51.9 Å². The SMILES string of the molecule is CCN1N=CC(c2nc3c(OC4CCN(C(=O)C5CCOCC5)C4)ncnc3n2C)C1C. The predicted molar refractivity (Wildman–Crippen MR) is 119 cm³/mol. The van der Waals surface area contributed by atoms with Gasteiger partial charge in [-0.05, 0) is 26.7 Å². The summed E-state index contributed by atoms with van der Waals surface area (Å²) in [6, 6.07) is 0.229. The lowest BCUT2D eigenvalue weighted by Gasteiger charge is -2.26. The van der Waals surface area contributed by atoms with Crippen molar-refractivity contribution in [1.82, 2.24) is 29.4 Å². The number of fused-ring (bicyclic) bond motifs is 1. The number of imidazole rings is 1. The van der Waals surface area contributed by atoms with Crippen LogP contribution in [0.5, 0.6) is 5.88 Å². The van der Waals surface area contributed by atoms with Crippen molar-refractivity contribution in [3.63, 3.8) is 0 Å². The maximum absolute atomic E-state index is 12.8. The number of nitrogens with zero attached hydrogens (tertiary/aromatic N) is 7. The normalized spacial score (nSPS) is 26.4. The van der Waals surface area contributed by atoms with Crippen LogP contribution in [0.4, 0.5) is 0 Å². The summed E-state index contributed by atoms with van der Waals surface area (Å²) in [6.45, 7) is 7.75. The first kappa shape index (κ1) is 21.1. The van der Waals surface area contributed by atoms with Gasteiger partial charge in [-0.25, -0.2) is 9.97 Å². The number of rotatable bonds is 5. The van der Waals surface area contributed by atoms with Crippen molar-refractivity contribution in [3.8, 4) is 5.88 Å². The summed E-state index contributed by atoms with van der Waals surface area (Å²) in [5, 5.41) is 6.58. The van der Waals surface area contributed by atoms with Crippen LogP contribution in [-0.2, 0) is 16.6 Å². The van der Waals surface area contributed by atoms with Gasteiger partial charge >= 0.3 is 0 Å². The van der Waals surface area contributed by atoms with E-state index < -0.39 is 0 Å². The molecule has 0 aromatic carbocycles. The first-order valence-electron chi connectivity index (χ1n) is 11.6. The number of aryl methyl sites for hydroxylation is 1. The van der Waals surface area contributed by atoms with Gasteiger partial charge < -0.3 is 18.9 Å². The maximum Gasteiger partial charge on any atom is 0.245 e. The first-order valence-corrected chi connectivity index (χ1v) is 11.6. The number of amides is 1. The number of ether oxygens (including phenoxy) is 2. The van der Waals surface area contributed by atoms with Crippen LogP contribution in [0.25, 0.3) is 11.2 Å². The Bertz CT molecular complexity index is 1020. The molecule has 3 unspecified atom stereocenters. The Labute approximate surface area is 187 Å². The van der Waals surface area contributed by atoms with E-state index >= 15 is 0 Å². The molecule has 2 aromatic rings. The molecule has 1 amide bonds. The van der Waals surface area contributed by atoms with E-state index in [1.165, 1.54) is 6.33 Å². The first-order chi connectivity index (χ1) is 15.6. The fourth-order valence-corrected chi connectivity index (χ4v) is 4.99. The second-order valence-electron chi connectivity index (χ2n) is 8.87. The molecule has 0 bridgehead atoms. The molecule has 3 atom stereocenters. The Morgan fingerprint density at radius 2 is 2.06 bits per heavy atom. The minimum atomic E-state index is -0.0927. The van der Waals surface area contributed by atoms with E-state index in [1.807, 2.05) is 22.7 Å². The monoisotopic (exact) mass is 441 g/mol. The van der Waals surface area contributed by atoms with Crippen molar-refractivity contribution >= 4 is 23.3 Å². The van der Waals surface area contributed by atoms with E-state index in [2.05, 4.69) is 33.9 Å². The molecule has 0 aliphatic carbocycles. The molecule has 172 valence electrons. The van der Waals surface area contributed by atoms with Crippen LogP contribution in [0, 0.1) is 5.92 Å². The molecule has 2 aromatic heterocycles. The molecule has 5 rings (SSSR count). The molecule has 2 saturated heterocycles. The molecule has 0 radical (unpaired) electrons. The van der Waals surface area contributed by atoms with E-state index in [-0.39, 0.29) is 29.9 Å². The standard InChI is InChI=1S/C22H31N7O3/c1-4-29-14(2)17(11-25-29)19-26-18-20(27(19)3)23-13-24-21(18)32-16-5-8-28(12-16)22(30)15-6-9-31-10-7-15/h11,13-17H,4-10,12H2,1-3H3. The van der Waals surface area contributed by atoms with Crippen LogP contribution in [0.2, 0.25) is 0 Å². The van der Waals surface area contributed by atoms with Crippen molar-refractivity contribution in [3.05, 3.63) is 12.2 Å². The van der Waals surface area contributed by atoms with Crippen molar-refractivity contribution in [2.24, 2.45) is 18.1 Å². The topological polar surface area (TPSA) is 98.0 Å². The highest BCUT2D eigenvalue weighted by Gasteiger charge is 2.34. The van der Waals surface area contributed by atoms with Gasteiger partial charge in [0.25, 0.3) is 0 Å². The van der Waals surface area contributed by atoms with Gasteiger partial charge in [-0.2, -0.15) is 10.1 Å². The van der Waals surface area contributed by atoms with Gasteiger partial charge in [0.05, 0.1) is 18.5 Å². The van der Waals surface area contributed by atoms with Crippen LogP contribution in [0.15, 0.2) is 11.4 Å². The van der Waals surface area contributed by atoms with Gasteiger partial charge in [0.2, 0.25) is 11.8 Å². The minimum absolute atomic E-state index is 0.0735. The van der Waals surface area contributed by atoms with E-state index in [0.29, 0.717) is 37.7 Å². The second-order valence-corrected chi connectivity index (χ2v) is 8.87. The van der Waals surface area contributed by atoms with Gasteiger partial charge in [-0.15, -0.1) is 0 Å². The number of likely N-dealkylation sites (tertiary alicyclic amines) is 1. The van der Waals surface area contributed by atoms with Crippen LogP contribution in [-0.4, -0.2) is 86.5 Å². The zero-order valence-electron chi connectivity index (χ0n) is 19.0. The Balaban J connectivity index is 1.32. The van der Waals surface area contributed by atoms with Crippen LogP contribution in [0.3, 0.4) is 0 Å². The highest BCUT2D eigenvalue weighted by Crippen LogP contribution is 2.31. The summed E-state index contributed by atoms with van der Waals surface area (Å²) in [5.41, 5.74) is 1.41. The minimum Gasteiger partial charge on any atom is -0.471 e. The summed E-state index contributed by atoms with van der Waals surface area (Å²) >= 11 is 0. The van der Waals surface area contributed by atoms with Crippen LogP contribution in [0.1, 0.15) is 44.9 Å². The molecule has 0 saturated carbocycles. The maximum atomic E-state index is 12.8. The molecule has 10 nitrogen and oxygen atoms in total. The molecule has 10 heteroatoms. The van der Waals surface area contributed by atoms with E-state index in [0.717, 1.165) is 37.3 Å². The highest BCUT2D eigenvalue weighted by molar-refractivity contribution is 5.80. The molecular formula is C22H31N7O3. The zero-order valence-corrected chi connectivity index (χ0v) is 19.0. The fraction of sp³-hybridized carbons (Fsp3) is 0.682. The van der Waals surface area contributed by atoms with E-state index in [1.54, 1.807) is 0 Å². The number of hydrazone groups is 1. The zero-order chi connectivity index (χ0) is 22.2. The largest absolute Gasteiger partial charge is 0.471 e. The summed E-state index contributed by atoms with van der Waals surface area (Å²) in [6.07, 6.45) is 5.79. The van der Waals surface area contributed by atoms with Crippen LogP contribution < -0.4 is 4.74 Å². The highest BCUT2D eigenvalue weighted by atomic mass is 16.5. The number of hydrogen-bond donors (Lipinski definition) is 0. The number of hydrogen-bond acceptors (Lipinski definition) is 8. The molecule has 5 heterocycles. The average Bonchev–Trinajstić information content (AvgIpc) is 3.52. The Morgan fingerprint density at radius 1 is 1.25 bits per heavy atom. The van der Waals surface area contributed by atoms with Gasteiger partial charge in [-0.3, -0.25) is 9.80 Å². The second kappa shape index (κ2) is 8.65. The van der Waals surface area contributed by atoms with Gasteiger partial charge in [0.15, 0.2) is 11.2 Å². The van der Waals surface area contributed by atoms with Crippen molar-refractivity contribution < 1.29 is 14.3 Å².